The summed E-state index contributed by atoms with van der Waals surface area (Å²) in [4.78, 5) is 24.5. The fraction of sp³-hybridized carbons (Fsp3) is 0.450. The lowest BCUT2D eigenvalue weighted by Crippen LogP contribution is -2.41. The molecular weight excluding hydrogens is 349 g/mol. The van der Waals surface area contributed by atoms with E-state index in [2.05, 4.69) is 15.8 Å². The zero-order valence-electron chi connectivity index (χ0n) is 15.3. The second-order valence-electron chi connectivity index (χ2n) is 6.95. The van der Waals surface area contributed by atoms with E-state index >= 15 is 0 Å². The van der Waals surface area contributed by atoms with Gasteiger partial charge in [0.2, 0.25) is 5.91 Å². The van der Waals surface area contributed by atoms with Crippen LogP contribution in [0.25, 0.3) is 0 Å². The molecule has 1 aromatic carbocycles. The van der Waals surface area contributed by atoms with Crippen LogP contribution in [0.1, 0.15) is 47.4 Å². The molecular formula is C20H24FN3O3. The molecule has 0 aliphatic heterocycles. The average Bonchev–Trinajstić information content (AvgIpc) is 3.10. The first-order valence-electron chi connectivity index (χ1n) is 9.28. The molecule has 0 unspecified atom stereocenters. The van der Waals surface area contributed by atoms with Crippen molar-refractivity contribution in [1.82, 2.24) is 15.8 Å². The second kappa shape index (κ2) is 8.79. The minimum absolute atomic E-state index is 0.00555. The van der Waals surface area contributed by atoms with Gasteiger partial charge in [0.05, 0.1) is 6.20 Å². The predicted molar refractivity (Wildman–Crippen MR) is 97.6 cm³/mol. The maximum atomic E-state index is 13.6. The lowest BCUT2D eigenvalue weighted by Gasteiger charge is -2.28. The molecule has 144 valence electrons. The molecule has 27 heavy (non-hydrogen) atoms. The number of aromatic nitrogens is 1. The van der Waals surface area contributed by atoms with Gasteiger partial charge in [-0.2, -0.15) is 0 Å². The maximum absolute atomic E-state index is 13.6. The van der Waals surface area contributed by atoms with Crippen LogP contribution in [0.3, 0.4) is 0 Å². The summed E-state index contributed by atoms with van der Waals surface area (Å²) >= 11 is 0. The van der Waals surface area contributed by atoms with Crippen LogP contribution in [0.4, 0.5) is 4.39 Å². The number of benzene rings is 1. The third kappa shape index (κ3) is 4.93. The number of hydrogen-bond donors (Lipinski definition) is 2. The molecule has 1 aliphatic carbocycles. The van der Waals surface area contributed by atoms with Crippen molar-refractivity contribution in [2.24, 2.45) is 5.92 Å². The van der Waals surface area contributed by atoms with Crippen LogP contribution in [0, 0.1) is 18.7 Å². The van der Waals surface area contributed by atoms with Crippen molar-refractivity contribution in [1.29, 1.82) is 0 Å². The van der Waals surface area contributed by atoms with E-state index in [1.165, 1.54) is 12.3 Å². The van der Waals surface area contributed by atoms with Crippen LogP contribution in [-0.4, -0.2) is 29.6 Å². The molecule has 1 saturated carbocycles. The molecule has 0 bridgehead atoms. The Bertz CT molecular complexity index is 797. The van der Waals surface area contributed by atoms with Gasteiger partial charge in [-0.1, -0.05) is 23.4 Å². The zero-order chi connectivity index (χ0) is 19.2. The van der Waals surface area contributed by atoms with Crippen LogP contribution < -0.4 is 10.6 Å². The lowest BCUT2D eigenvalue weighted by atomic mass is 9.85. The van der Waals surface area contributed by atoms with Crippen molar-refractivity contribution in [3.8, 4) is 0 Å². The number of carbonyl (C=O) groups excluding carboxylic acids is 2. The Morgan fingerprint density at radius 2 is 1.96 bits per heavy atom. The summed E-state index contributed by atoms with van der Waals surface area (Å²) in [6.45, 7) is 2.12. The van der Waals surface area contributed by atoms with Gasteiger partial charge in [-0.15, -0.1) is 0 Å². The molecule has 0 spiro atoms. The van der Waals surface area contributed by atoms with Crippen LogP contribution in [0.15, 0.2) is 35.0 Å². The molecule has 3 rings (SSSR count). The first kappa shape index (κ1) is 19.1. The molecule has 0 radical (unpaired) electrons. The molecule has 2 N–H and O–H groups in total. The van der Waals surface area contributed by atoms with E-state index in [-0.39, 0.29) is 29.6 Å². The molecule has 0 atom stereocenters. The molecule has 6 nitrogen and oxygen atoms in total. The first-order valence-corrected chi connectivity index (χ1v) is 9.28. The van der Waals surface area contributed by atoms with Crippen molar-refractivity contribution in [2.75, 3.05) is 6.54 Å². The van der Waals surface area contributed by atoms with Crippen LogP contribution in [-0.2, 0) is 11.2 Å². The minimum Gasteiger partial charge on any atom is -0.361 e. The number of carbonyl (C=O) groups is 2. The average molecular weight is 373 g/mol. The van der Waals surface area contributed by atoms with E-state index in [0.717, 1.165) is 25.7 Å². The van der Waals surface area contributed by atoms with E-state index in [1.54, 1.807) is 25.1 Å². The maximum Gasteiger partial charge on any atom is 0.256 e. The zero-order valence-corrected chi connectivity index (χ0v) is 15.3. The monoisotopic (exact) mass is 373 g/mol. The first-order chi connectivity index (χ1) is 13.0. The van der Waals surface area contributed by atoms with Gasteiger partial charge in [0.1, 0.15) is 17.1 Å². The molecule has 7 heteroatoms. The largest absolute Gasteiger partial charge is 0.361 e. The predicted octanol–water partition coefficient (Wildman–Crippen LogP) is 2.77. The van der Waals surface area contributed by atoms with Crippen molar-refractivity contribution in [3.63, 3.8) is 0 Å². The fourth-order valence-electron chi connectivity index (χ4n) is 3.45. The van der Waals surface area contributed by atoms with Gasteiger partial charge >= 0.3 is 0 Å². The molecule has 1 fully saturated rings. The molecule has 1 heterocycles. The van der Waals surface area contributed by atoms with Gasteiger partial charge in [0, 0.05) is 18.5 Å². The van der Waals surface area contributed by atoms with Crippen molar-refractivity contribution in [3.05, 3.63) is 53.2 Å². The van der Waals surface area contributed by atoms with E-state index in [0.29, 0.717) is 29.9 Å². The Balaban J connectivity index is 1.39. The normalized spacial score (nSPS) is 19.5. The number of hydrogen-bond acceptors (Lipinski definition) is 4. The number of amides is 2. The highest BCUT2D eigenvalue weighted by Crippen LogP contribution is 2.25. The van der Waals surface area contributed by atoms with Crippen LogP contribution >= 0.6 is 0 Å². The second-order valence-corrected chi connectivity index (χ2v) is 6.95. The standard InChI is InChI=1S/C20H24FN3O3/c1-13-17(12-23-27-13)20(26)24-16-8-6-15(7-9-16)19(25)22-11-10-14-4-2-3-5-18(14)21/h2-5,12,15-16H,6-11H2,1H3,(H,22,25)(H,24,26). The van der Waals surface area contributed by atoms with Gasteiger partial charge in [-0.05, 0) is 50.7 Å². The number of nitrogens with one attached hydrogen (secondary N) is 2. The summed E-state index contributed by atoms with van der Waals surface area (Å²) in [5.41, 5.74) is 1.05. The summed E-state index contributed by atoms with van der Waals surface area (Å²) in [7, 11) is 0. The number of rotatable bonds is 6. The van der Waals surface area contributed by atoms with E-state index in [1.807, 2.05) is 0 Å². The van der Waals surface area contributed by atoms with Crippen LogP contribution in [0.2, 0.25) is 0 Å². The summed E-state index contributed by atoms with van der Waals surface area (Å²) in [5, 5.41) is 9.49. The SMILES string of the molecule is Cc1oncc1C(=O)NC1CCC(C(=O)NCCc2ccccc2F)CC1. The third-order valence-electron chi connectivity index (χ3n) is 5.08. The highest BCUT2D eigenvalue weighted by atomic mass is 19.1. The van der Waals surface area contributed by atoms with Gasteiger partial charge in [-0.25, -0.2) is 4.39 Å². The van der Waals surface area contributed by atoms with Crippen molar-refractivity contribution in [2.45, 2.75) is 45.1 Å². The molecule has 1 aliphatic rings. The Kier molecular flexibility index (Phi) is 6.21. The number of nitrogens with zero attached hydrogens (tertiary/aromatic N) is 1. The quantitative estimate of drug-likeness (QED) is 0.815. The molecule has 0 saturated heterocycles. The van der Waals surface area contributed by atoms with E-state index < -0.39 is 0 Å². The smallest absolute Gasteiger partial charge is 0.256 e. The van der Waals surface area contributed by atoms with Gasteiger partial charge in [-0.3, -0.25) is 9.59 Å². The van der Waals surface area contributed by atoms with Gasteiger partial charge in [0.15, 0.2) is 0 Å². The highest BCUT2D eigenvalue weighted by molar-refractivity contribution is 5.94. The minimum atomic E-state index is -0.244. The third-order valence-corrected chi connectivity index (χ3v) is 5.08. The topological polar surface area (TPSA) is 84.2 Å². The van der Waals surface area contributed by atoms with Crippen molar-refractivity contribution < 1.29 is 18.5 Å². The van der Waals surface area contributed by atoms with E-state index in [4.69, 9.17) is 4.52 Å². The number of aryl methyl sites for hydroxylation is 1. The summed E-state index contributed by atoms with van der Waals surface area (Å²) < 4.78 is 18.5. The number of halogens is 1. The summed E-state index contributed by atoms with van der Waals surface area (Å²) in [6, 6.07) is 6.64. The Labute approximate surface area is 157 Å². The Hall–Kier alpha value is -2.70. The fourth-order valence-corrected chi connectivity index (χ4v) is 3.45. The summed E-state index contributed by atoms with van der Waals surface area (Å²) in [5.74, 6) is 0.00936. The van der Waals surface area contributed by atoms with Gasteiger partial charge < -0.3 is 15.2 Å². The molecule has 2 amide bonds. The molecule has 1 aromatic heterocycles. The lowest BCUT2D eigenvalue weighted by molar-refractivity contribution is -0.126. The Morgan fingerprint density at radius 1 is 1.22 bits per heavy atom. The Morgan fingerprint density at radius 3 is 2.63 bits per heavy atom. The van der Waals surface area contributed by atoms with Crippen LogP contribution in [0.5, 0.6) is 0 Å². The summed E-state index contributed by atoms with van der Waals surface area (Å²) in [6.07, 6.45) is 4.84. The van der Waals surface area contributed by atoms with Crippen molar-refractivity contribution >= 4 is 11.8 Å². The molecule has 2 aromatic rings. The van der Waals surface area contributed by atoms with Gasteiger partial charge in [0.25, 0.3) is 5.91 Å². The highest BCUT2D eigenvalue weighted by Gasteiger charge is 2.27. The van der Waals surface area contributed by atoms with E-state index in [9.17, 15) is 14.0 Å².